The van der Waals surface area contributed by atoms with Crippen LogP contribution in [0.25, 0.3) is 0 Å². The number of hydrogen-bond donors (Lipinski definition) is 4. The van der Waals surface area contributed by atoms with Gasteiger partial charge in [0.2, 0.25) is 0 Å². The summed E-state index contributed by atoms with van der Waals surface area (Å²) in [4.78, 5) is 0. The van der Waals surface area contributed by atoms with Crippen LogP contribution in [0.3, 0.4) is 0 Å². The minimum atomic E-state index is -4.24. The SMILES string of the molecule is C=CCNC(=S)Nc1ccc(NS(=O)(=O)O)cc1. The van der Waals surface area contributed by atoms with Crippen LogP contribution in [0.1, 0.15) is 0 Å². The summed E-state index contributed by atoms with van der Waals surface area (Å²) < 4.78 is 31.7. The molecule has 0 aromatic heterocycles. The average molecular weight is 287 g/mol. The van der Waals surface area contributed by atoms with Crippen LogP contribution < -0.4 is 15.4 Å². The molecule has 0 saturated carbocycles. The van der Waals surface area contributed by atoms with Crippen LogP contribution in [-0.2, 0) is 10.3 Å². The Hall–Kier alpha value is -1.64. The highest BCUT2D eigenvalue weighted by Gasteiger charge is 2.03. The van der Waals surface area contributed by atoms with Crippen LogP contribution in [0.5, 0.6) is 0 Å². The molecule has 0 atom stereocenters. The Labute approximate surface area is 111 Å². The minimum absolute atomic E-state index is 0.257. The van der Waals surface area contributed by atoms with Crippen molar-refractivity contribution in [2.24, 2.45) is 0 Å². The van der Waals surface area contributed by atoms with Gasteiger partial charge in [0.05, 0.1) is 5.69 Å². The van der Waals surface area contributed by atoms with Crippen molar-refractivity contribution in [1.29, 1.82) is 0 Å². The summed E-state index contributed by atoms with van der Waals surface area (Å²) in [5.74, 6) is 0. The summed E-state index contributed by atoms with van der Waals surface area (Å²) >= 11 is 5.00. The summed E-state index contributed by atoms with van der Waals surface area (Å²) in [6.07, 6.45) is 1.67. The van der Waals surface area contributed by atoms with Gasteiger partial charge in [-0.3, -0.25) is 9.27 Å². The Bertz CT molecular complexity index is 526. The van der Waals surface area contributed by atoms with Crippen LogP contribution >= 0.6 is 12.2 Å². The standard InChI is InChI=1S/C10H13N3O3S2/c1-2-7-11-10(17)12-8-3-5-9(6-4-8)13-18(14,15)16/h2-6,13H,1,7H2,(H2,11,12,17)(H,14,15,16). The molecule has 0 heterocycles. The number of benzene rings is 1. The molecule has 1 aromatic carbocycles. The zero-order chi connectivity index (χ0) is 13.6. The molecule has 0 unspecified atom stereocenters. The van der Waals surface area contributed by atoms with Crippen LogP contribution in [0.15, 0.2) is 36.9 Å². The molecular formula is C10H13N3O3S2. The fourth-order valence-electron chi connectivity index (χ4n) is 1.11. The molecule has 0 aliphatic carbocycles. The molecule has 8 heteroatoms. The van der Waals surface area contributed by atoms with Crippen molar-refractivity contribution in [2.75, 3.05) is 16.6 Å². The molecule has 6 nitrogen and oxygen atoms in total. The molecule has 0 spiro atoms. The highest BCUT2D eigenvalue weighted by molar-refractivity contribution is 7.87. The summed E-state index contributed by atoms with van der Waals surface area (Å²) in [5, 5.41) is 6.22. The van der Waals surface area contributed by atoms with E-state index >= 15 is 0 Å². The Morgan fingerprint density at radius 1 is 1.33 bits per heavy atom. The van der Waals surface area contributed by atoms with Crippen molar-refractivity contribution in [1.82, 2.24) is 5.32 Å². The maximum Gasteiger partial charge on any atom is 0.357 e. The predicted molar refractivity (Wildman–Crippen MR) is 76.0 cm³/mol. The first-order valence-electron chi connectivity index (χ1n) is 4.92. The Balaban J connectivity index is 2.60. The monoisotopic (exact) mass is 287 g/mol. The maximum absolute atomic E-state index is 10.6. The molecule has 0 aliphatic rings. The number of thiocarbonyl (C=S) groups is 1. The molecule has 0 radical (unpaired) electrons. The lowest BCUT2D eigenvalue weighted by Gasteiger charge is -2.09. The number of rotatable bonds is 5. The van der Waals surface area contributed by atoms with Gasteiger partial charge in [-0.15, -0.1) is 6.58 Å². The summed E-state index contributed by atoms with van der Waals surface area (Å²) in [5.41, 5.74) is 0.950. The van der Waals surface area contributed by atoms with E-state index < -0.39 is 10.3 Å². The second-order valence-electron chi connectivity index (χ2n) is 3.28. The molecule has 0 fully saturated rings. The second kappa shape index (κ2) is 6.34. The van der Waals surface area contributed by atoms with E-state index in [0.29, 0.717) is 17.3 Å². The van der Waals surface area contributed by atoms with Gasteiger partial charge in [0.15, 0.2) is 5.11 Å². The van der Waals surface area contributed by atoms with Gasteiger partial charge in [0.1, 0.15) is 0 Å². The third kappa shape index (κ3) is 5.62. The molecule has 98 valence electrons. The van der Waals surface area contributed by atoms with Crippen LogP contribution in [0, 0.1) is 0 Å². The maximum atomic E-state index is 10.6. The smallest absolute Gasteiger partial charge is 0.357 e. The molecule has 18 heavy (non-hydrogen) atoms. The second-order valence-corrected chi connectivity index (χ2v) is 4.84. The fourth-order valence-corrected chi connectivity index (χ4v) is 1.75. The van der Waals surface area contributed by atoms with E-state index in [1.165, 1.54) is 12.1 Å². The quantitative estimate of drug-likeness (QED) is 0.371. The highest BCUT2D eigenvalue weighted by Crippen LogP contribution is 2.14. The zero-order valence-corrected chi connectivity index (χ0v) is 11.0. The van der Waals surface area contributed by atoms with Gasteiger partial charge < -0.3 is 10.6 Å². The van der Waals surface area contributed by atoms with E-state index in [9.17, 15) is 8.42 Å². The van der Waals surface area contributed by atoms with E-state index in [-0.39, 0.29) is 5.69 Å². The zero-order valence-electron chi connectivity index (χ0n) is 9.38. The first kappa shape index (κ1) is 14.4. The summed E-state index contributed by atoms with van der Waals surface area (Å²) in [6, 6.07) is 6.23. The lowest BCUT2D eigenvalue weighted by Crippen LogP contribution is -2.28. The molecule has 4 N–H and O–H groups in total. The minimum Gasteiger partial charge on any atom is -0.359 e. The molecular weight excluding hydrogens is 274 g/mol. The lowest BCUT2D eigenvalue weighted by atomic mass is 10.3. The predicted octanol–water partition coefficient (Wildman–Crippen LogP) is 1.37. The largest absolute Gasteiger partial charge is 0.359 e. The first-order valence-corrected chi connectivity index (χ1v) is 6.76. The van der Waals surface area contributed by atoms with E-state index in [1.807, 2.05) is 4.72 Å². The highest BCUT2D eigenvalue weighted by atomic mass is 32.2. The van der Waals surface area contributed by atoms with Gasteiger partial charge in [-0.2, -0.15) is 8.42 Å². The van der Waals surface area contributed by atoms with Crippen molar-refractivity contribution >= 4 is 39.0 Å². The topological polar surface area (TPSA) is 90.5 Å². The van der Waals surface area contributed by atoms with Crippen molar-refractivity contribution in [3.05, 3.63) is 36.9 Å². The first-order chi connectivity index (χ1) is 8.40. The molecule has 0 amide bonds. The van der Waals surface area contributed by atoms with Crippen molar-refractivity contribution < 1.29 is 13.0 Å². The average Bonchev–Trinajstić information content (AvgIpc) is 2.27. The fraction of sp³-hybridized carbons (Fsp3) is 0.100. The van der Waals surface area contributed by atoms with Crippen LogP contribution in [0.4, 0.5) is 11.4 Å². The normalized spacial score (nSPS) is 10.5. The Morgan fingerprint density at radius 2 is 1.89 bits per heavy atom. The van der Waals surface area contributed by atoms with Gasteiger partial charge in [0.25, 0.3) is 0 Å². The number of nitrogens with one attached hydrogen (secondary N) is 3. The van der Waals surface area contributed by atoms with E-state index in [2.05, 4.69) is 17.2 Å². The van der Waals surface area contributed by atoms with Crippen LogP contribution in [0.2, 0.25) is 0 Å². The molecule has 0 bridgehead atoms. The van der Waals surface area contributed by atoms with Crippen molar-refractivity contribution in [2.45, 2.75) is 0 Å². The van der Waals surface area contributed by atoms with E-state index in [4.69, 9.17) is 16.8 Å². The van der Waals surface area contributed by atoms with Gasteiger partial charge in [-0.25, -0.2) is 0 Å². The van der Waals surface area contributed by atoms with E-state index in [0.717, 1.165) is 0 Å². The molecule has 0 aliphatic heterocycles. The third-order valence-electron chi connectivity index (χ3n) is 1.80. The number of anilines is 2. The summed E-state index contributed by atoms with van der Waals surface area (Å²) in [7, 11) is -4.24. The van der Waals surface area contributed by atoms with Gasteiger partial charge in [-0.1, -0.05) is 6.08 Å². The van der Waals surface area contributed by atoms with Crippen LogP contribution in [-0.4, -0.2) is 24.6 Å². The molecule has 1 aromatic rings. The number of hydrogen-bond acceptors (Lipinski definition) is 3. The van der Waals surface area contributed by atoms with Gasteiger partial charge in [-0.05, 0) is 36.5 Å². The molecule has 0 saturated heterocycles. The Morgan fingerprint density at radius 3 is 2.39 bits per heavy atom. The van der Waals surface area contributed by atoms with Crippen molar-refractivity contribution in [3.8, 4) is 0 Å². The Kier molecular flexibility index (Phi) is 5.08. The third-order valence-corrected chi connectivity index (χ3v) is 2.54. The lowest BCUT2D eigenvalue weighted by molar-refractivity contribution is 0.490. The summed E-state index contributed by atoms with van der Waals surface area (Å²) in [6.45, 7) is 4.10. The molecule has 1 rings (SSSR count). The van der Waals surface area contributed by atoms with E-state index in [1.54, 1.807) is 18.2 Å². The van der Waals surface area contributed by atoms with Gasteiger partial charge in [0, 0.05) is 12.2 Å². The van der Waals surface area contributed by atoms with Gasteiger partial charge >= 0.3 is 10.3 Å². The van der Waals surface area contributed by atoms with Crippen molar-refractivity contribution in [3.63, 3.8) is 0 Å².